The van der Waals surface area contributed by atoms with Gasteiger partial charge in [0.15, 0.2) is 0 Å². The van der Waals surface area contributed by atoms with E-state index in [4.69, 9.17) is 9.26 Å². The smallest absolute Gasteiger partial charge is 0.252 e. The average molecular weight is 458 g/mol. The first-order valence-electron chi connectivity index (χ1n) is 7.67. The third-order valence-electron chi connectivity index (χ3n) is 3.46. The number of ether oxygens (including phenoxy) is 1. The molecule has 1 aromatic carbocycles. The van der Waals surface area contributed by atoms with Gasteiger partial charge in [-0.3, -0.25) is 0 Å². The Morgan fingerprint density at radius 2 is 1.96 bits per heavy atom. The molecule has 138 valence electrons. The summed E-state index contributed by atoms with van der Waals surface area (Å²) in [6, 6.07) is 10.5. The summed E-state index contributed by atoms with van der Waals surface area (Å²) >= 11 is 4.42. The molecule has 0 amide bonds. The minimum atomic E-state index is -3.61. The van der Waals surface area contributed by atoms with Crippen molar-refractivity contribution in [3.63, 3.8) is 0 Å². The van der Waals surface area contributed by atoms with Gasteiger partial charge in [0.2, 0.25) is 11.7 Å². The Balaban J connectivity index is 1.73. The Morgan fingerprint density at radius 3 is 2.58 bits per heavy atom. The molecule has 0 aliphatic heterocycles. The van der Waals surface area contributed by atoms with Gasteiger partial charge < -0.3 is 9.26 Å². The Bertz CT molecular complexity index is 983. The van der Waals surface area contributed by atoms with Crippen LogP contribution in [0.2, 0.25) is 0 Å². The monoisotopic (exact) mass is 457 g/mol. The molecule has 0 aliphatic carbocycles. The number of thiophene rings is 1. The van der Waals surface area contributed by atoms with Crippen LogP contribution in [0.5, 0.6) is 5.75 Å². The molecule has 0 bridgehead atoms. The fourth-order valence-electron chi connectivity index (χ4n) is 2.17. The molecule has 2 aromatic heterocycles. The van der Waals surface area contributed by atoms with Gasteiger partial charge in [-0.05, 0) is 59.3 Å². The maximum absolute atomic E-state index is 12.5. The van der Waals surface area contributed by atoms with Crippen molar-refractivity contribution in [3.05, 3.63) is 46.1 Å². The average Bonchev–Trinajstić information content (AvgIpc) is 3.25. The van der Waals surface area contributed by atoms with Crippen molar-refractivity contribution >= 4 is 37.3 Å². The predicted octanol–water partition coefficient (Wildman–Crippen LogP) is 3.78. The first kappa shape index (κ1) is 19.0. The van der Waals surface area contributed by atoms with E-state index in [1.54, 1.807) is 12.1 Å². The molecule has 2 heterocycles. The molecule has 10 heteroatoms. The molecule has 0 radical (unpaired) electrons. The summed E-state index contributed by atoms with van der Waals surface area (Å²) in [5.74, 6) is 1.37. The van der Waals surface area contributed by atoms with Crippen molar-refractivity contribution in [2.45, 2.75) is 17.7 Å². The summed E-state index contributed by atoms with van der Waals surface area (Å²) in [7, 11) is -2.13. The van der Waals surface area contributed by atoms with Crippen molar-refractivity contribution in [1.82, 2.24) is 14.4 Å². The molecule has 0 fully saturated rings. The first-order valence-corrected chi connectivity index (χ1v) is 10.7. The van der Waals surface area contributed by atoms with Crippen LogP contribution in [0.15, 0.2) is 48.9 Å². The van der Waals surface area contributed by atoms with Gasteiger partial charge in [-0.1, -0.05) is 5.16 Å². The molecule has 0 unspecified atom stereocenters. The van der Waals surface area contributed by atoms with Crippen LogP contribution in [0.25, 0.3) is 11.4 Å². The highest BCUT2D eigenvalue weighted by atomic mass is 79.9. The van der Waals surface area contributed by atoms with E-state index in [0.29, 0.717) is 12.4 Å². The van der Waals surface area contributed by atoms with E-state index >= 15 is 0 Å². The van der Waals surface area contributed by atoms with Crippen LogP contribution in [-0.4, -0.2) is 36.5 Å². The van der Waals surface area contributed by atoms with Crippen LogP contribution in [0, 0.1) is 0 Å². The Hall–Kier alpha value is -1.75. The molecule has 3 aromatic rings. The highest BCUT2D eigenvalue weighted by molar-refractivity contribution is 9.11. The lowest BCUT2D eigenvalue weighted by atomic mass is 10.2. The molecule has 0 saturated heterocycles. The van der Waals surface area contributed by atoms with Gasteiger partial charge in [0.25, 0.3) is 10.0 Å². The maximum Gasteiger partial charge on any atom is 0.252 e. The van der Waals surface area contributed by atoms with Crippen LogP contribution >= 0.6 is 27.3 Å². The Labute approximate surface area is 163 Å². The Morgan fingerprint density at radius 1 is 1.23 bits per heavy atom. The highest BCUT2D eigenvalue weighted by Gasteiger charge is 2.24. The van der Waals surface area contributed by atoms with Gasteiger partial charge >= 0.3 is 0 Å². The van der Waals surface area contributed by atoms with Gasteiger partial charge in [0.05, 0.1) is 16.9 Å². The van der Waals surface area contributed by atoms with Crippen LogP contribution in [-0.2, 0) is 16.6 Å². The summed E-state index contributed by atoms with van der Waals surface area (Å²) in [5.41, 5.74) is 0.760. The quantitative estimate of drug-likeness (QED) is 0.536. The zero-order valence-electron chi connectivity index (χ0n) is 14.0. The lowest BCUT2D eigenvalue weighted by Crippen LogP contribution is -2.25. The van der Waals surface area contributed by atoms with Gasteiger partial charge in [0, 0.05) is 12.6 Å². The molecule has 0 atom stereocenters. The summed E-state index contributed by atoms with van der Waals surface area (Å²) in [6.07, 6.45) is 0. The fraction of sp³-hybridized carbons (Fsp3) is 0.250. The van der Waals surface area contributed by atoms with Gasteiger partial charge in [-0.15, -0.1) is 11.3 Å². The normalized spacial score (nSPS) is 11.8. The number of halogens is 1. The van der Waals surface area contributed by atoms with E-state index in [-0.39, 0.29) is 16.6 Å². The molecule has 0 saturated carbocycles. The minimum Gasteiger partial charge on any atom is -0.494 e. The molecular formula is C16H16BrN3O4S2. The van der Waals surface area contributed by atoms with Crippen molar-refractivity contribution in [3.8, 4) is 17.1 Å². The van der Waals surface area contributed by atoms with Gasteiger partial charge in [0.1, 0.15) is 9.96 Å². The summed E-state index contributed by atoms with van der Waals surface area (Å²) in [4.78, 5) is 4.28. The van der Waals surface area contributed by atoms with Crippen LogP contribution in [0.4, 0.5) is 0 Å². The molecule has 7 nitrogen and oxygen atoms in total. The van der Waals surface area contributed by atoms with Crippen molar-refractivity contribution < 1.29 is 17.7 Å². The van der Waals surface area contributed by atoms with E-state index in [1.807, 2.05) is 31.2 Å². The zero-order chi connectivity index (χ0) is 18.7. The molecule has 26 heavy (non-hydrogen) atoms. The van der Waals surface area contributed by atoms with Crippen LogP contribution in [0.1, 0.15) is 12.8 Å². The van der Waals surface area contributed by atoms with E-state index in [0.717, 1.165) is 26.4 Å². The third-order valence-corrected chi connectivity index (χ3v) is 7.36. The van der Waals surface area contributed by atoms with Crippen LogP contribution < -0.4 is 4.74 Å². The van der Waals surface area contributed by atoms with Gasteiger partial charge in [-0.25, -0.2) is 8.42 Å². The number of hydrogen-bond acceptors (Lipinski definition) is 7. The van der Waals surface area contributed by atoms with E-state index < -0.39 is 10.0 Å². The second kappa shape index (κ2) is 7.87. The first-order chi connectivity index (χ1) is 12.4. The lowest BCUT2D eigenvalue weighted by molar-refractivity contribution is 0.337. The SMILES string of the molecule is CCOc1ccc(-c2noc(CN(C)S(=O)(=O)c3ccc(Br)s3)n2)cc1. The van der Waals surface area contributed by atoms with Gasteiger partial charge in [-0.2, -0.15) is 9.29 Å². The maximum atomic E-state index is 12.5. The van der Waals surface area contributed by atoms with E-state index in [2.05, 4.69) is 26.1 Å². The number of nitrogens with zero attached hydrogens (tertiary/aromatic N) is 3. The topological polar surface area (TPSA) is 85.5 Å². The summed E-state index contributed by atoms with van der Waals surface area (Å²) < 4.78 is 37.8. The molecular weight excluding hydrogens is 442 g/mol. The fourth-order valence-corrected chi connectivity index (χ4v) is 5.51. The minimum absolute atomic E-state index is 0.0120. The number of sulfonamides is 1. The van der Waals surface area contributed by atoms with Crippen molar-refractivity contribution in [2.24, 2.45) is 0 Å². The second-order valence-electron chi connectivity index (χ2n) is 5.29. The predicted molar refractivity (Wildman–Crippen MR) is 102 cm³/mol. The standard InChI is InChI=1S/C16H16BrN3O4S2/c1-3-23-12-6-4-11(5-7-12)16-18-14(24-19-16)10-20(2)26(21,22)15-9-8-13(17)25-15/h4-9H,3,10H2,1-2H3. The largest absolute Gasteiger partial charge is 0.494 e. The van der Waals surface area contributed by atoms with Crippen LogP contribution in [0.3, 0.4) is 0 Å². The highest BCUT2D eigenvalue weighted by Crippen LogP contribution is 2.28. The lowest BCUT2D eigenvalue weighted by Gasteiger charge is -2.13. The summed E-state index contributed by atoms with van der Waals surface area (Å²) in [6.45, 7) is 2.49. The number of rotatable bonds is 7. The number of benzene rings is 1. The molecule has 0 spiro atoms. The molecule has 0 N–H and O–H groups in total. The molecule has 0 aliphatic rings. The second-order valence-corrected chi connectivity index (χ2v) is 10.0. The van der Waals surface area contributed by atoms with E-state index in [1.165, 1.54) is 11.4 Å². The third kappa shape index (κ3) is 4.14. The number of hydrogen-bond donors (Lipinski definition) is 0. The van der Waals surface area contributed by atoms with Crippen molar-refractivity contribution in [1.29, 1.82) is 0 Å². The summed E-state index contributed by atoms with van der Waals surface area (Å²) in [5, 5.41) is 3.92. The zero-order valence-corrected chi connectivity index (χ0v) is 17.3. The van der Waals surface area contributed by atoms with E-state index in [9.17, 15) is 8.42 Å². The Kier molecular flexibility index (Phi) is 5.76. The number of aromatic nitrogens is 2. The molecule has 3 rings (SSSR count). The van der Waals surface area contributed by atoms with Crippen molar-refractivity contribution in [2.75, 3.05) is 13.7 Å².